The number of hydrogen-bond donors (Lipinski definition) is 2. The van der Waals surface area contributed by atoms with Crippen LogP contribution in [0.15, 0.2) is 5.38 Å². The molecule has 0 saturated carbocycles. The Morgan fingerprint density at radius 1 is 1.32 bits per heavy atom. The van der Waals surface area contributed by atoms with Crippen molar-refractivity contribution in [2.45, 2.75) is 52.0 Å². The minimum Gasteiger partial charge on any atom is -0.313 e. The molecule has 110 valence electrons. The van der Waals surface area contributed by atoms with Gasteiger partial charge in [-0.25, -0.2) is 18.1 Å². The van der Waals surface area contributed by atoms with Crippen LogP contribution in [0.5, 0.6) is 0 Å². The molecule has 0 amide bonds. The molecule has 1 aromatic heterocycles. The fourth-order valence-electron chi connectivity index (χ4n) is 1.50. The maximum Gasteiger partial charge on any atom is 0.216 e. The lowest BCUT2D eigenvalue weighted by molar-refractivity contribution is 0.531. The Kier molecular flexibility index (Phi) is 5.91. The van der Waals surface area contributed by atoms with Gasteiger partial charge in [-0.05, 0) is 20.8 Å². The highest BCUT2D eigenvalue weighted by molar-refractivity contribution is 7.90. The van der Waals surface area contributed by atoms with Crippen LogP contribution in [0.1, 0.15) is 44.4 Å². The van der Waals surface area contributed by atoms with Crippen LogP contribution >= 0.6 is 11.3 Å². The second-order valence-corrected chi connectivity index (χ2v) is 8.11. The van der Waals surface area contributed by atoms with Gasteiger partial charge in [-0.15, -0.1) is 11.3 Å². The van der Waals surface area contributed by atoms with E-state index in [9.17, 15) is 8.42 Å². The van der Waals surface area contributed by atoms with Crippen molar-refractivity contribution in [1.29, 1.82) is 0 Å². The summed E-state index contributed by atoms with van der Waals surface area (Å²) in [6.07, 6.45) is 0. The molecule has 2 unspecified atom stereocenters. The number of thiazole rings is 1. The molecule has 7 heteroatoms. The molecule has 5 nitrogen and oxygen atoms in total. The molecule has 0 fully saturated rings. The predicted molar refractivity (Wildman–Crippen MR) is 79.9 cm³/mol. The van der Waals surface area contributed by atoms with Gasteiger partial charge in [0.2, 0.25) is 10.0 Å². The highest BCUT2D eigenvalue weighted by Crippen LogP contribution is 2.18. The van der Waals surface area contributed by atoms with E-state index in [0.717, 1.165) is 10.7 Å². The topological polar surface area (TPSA) is 71.1 Å². The number of nitrogens with one attached hydrogen (secondary N) is 2. The quantitative estimate of drug-likeness (QED) is 0.806. The minimum atomic E-state index is -3.34. The molecule has 19 heavy (non-hydrogen) atoms. The van der Waals surface area contributed by atoms with Gasteiger partial charge >= 0.3 is 0 Å². The highest BCUT2D eigenvalue weighted by Gasteiger charge is 2.24. The van der Waals surface area contributed by atoms with E-state index in [0.29, 0.717) is 6.54 Å². The number of sulfonamides is 1. The lowest BCUT2D eigenvalue weighted by atomic mass is 10.3. The molecule has 0 aliphatic rings. The van der Waals surface area contributed by atoms with Gasteiger partial charge in [0.1, 0.15) is 5.01 Å². The average Bonchev–Trinajstić information content (AvgIpc) is 2.72. The Morgan fingerprint density at radius 2 is 1.95 bits per heavy atom. The van der Waals surface area contributed by atoms with Crippen LogP contribution in [0.3, 0.4) is 0 Å². The summed E-state index contributed by atoms with van der Waals surface area (Å²) in [5.74, 6) is 0. The molecule has 1 rings (SSSR count). The van der Waals surface area contributed by atoms with Crippen LogP contribution in [-0.2, 0) is 10.0 Å². The van der Waals surface area contributed by atoms with E-state index in [1.807, 2.05) is 33.1 Å². The first-order valence-corrected chi connectivity index (χ1v) is 8.81. The first-order chi connectivity index (χ1) is 8.72. The SMILES string of the molecule is Cc1csc(C(C)NS(=O)(=O)C(C)CNC(C)C)n1. The third-order valence-electron chi connectivity index (χ3n) is 2.69. The van der Waals surface area contributed by atoms with Crippen molar-refractivity contribution < 1.29 is 8.42 Å². The van der Waals surface area contributed by atoms with Crippen molar-refractivity contribution in [3.8, 4) is 0 Å². The molecule has 0 radical (unpaired) electrons. The Bertz CT molecular complexity index is 497. The molecular formula is C12H23N3O2S2. The summed E-state index contributed by atoms with van der Waals surface area (Å²) < 4.78 is 27.0. The summed E-state index contributed by atoms with van der Waals surface area (Å²) in [6.45, 7) is 9.85. The second-order valence-electron chi connectivity index (χ2n) is 5.09. The Labute approximate surface area is 119 Å². The van der Waals surface area contributed by atoms with Crippen LogP contribution in [-0.4, -0.2) is 31.2 Å². The van der Waals surface area contributed by atoms with Gasteiger partial charge in [0.05, 0.1) is 11.3 Å². The molecule has 1 heterocycles. The van der Waals surface area contributed by atoms with Crippen molar-refractivity contribution in [3.05, 3.63) is 16.1 Å². The van der Waals surface area contributed by atoms with Gasteiger partial charge in [-0.1, -0.05) is 13.8 Å². The number of rotatable bonds is 7. The molecule has 0 spiro atoms. The zero-order valence-corrected chi connectivity index (χ0v) is 13.7. The van der Waals surface area contributed by atoms with E-state index in [4.69, 9.17) is 0 Å². The van der Waals surface area contributed by atoms with Gasteiger partial charge in [0.15, 0.2) is 0 Å². The number of aromatic nitrogens is 1. The summed E-state index contributed by atoms with van der Waals surface area (Å²) in [5, 5.41) is 5.38. The van der Waals surface area contributed by atoms with Crippen LogP contribution in [0.4, 0.5) is 0 Å². The second kappa shape index (κ2) is 6.78. The van der Waals surface area contributed by atoms with E-state index in [-0.39, 0.29) is 12.1 Å². The van der Waals surface area contributed by atoms with Crippen molar-refractivity contribution >= 4 is 21.4 Å². The summed E-state index contributed by atoms with van der Waals surface area (Å²) in [4.78, 5) is 4.30. The van der Waals surface area contributed by atoms with Crippen molar-refractivity contribution in [1.82, 2.24) is 15.0 Å². The largest absolute Gasteiger partial charge is 0.313 e. The minimum absolute atomic E-state index is 0.275. The normalized spacial score (nSPS) is 15.7. The van der Waals surface area contributed by atoms with E-state index < -0.39 is 15.3 Å². The van der Waals surface area contributed by atoms with Gasteiger partial charge in [0.25, 0.3) is 0 Å². The molecule has 2 atom stereocenters. The van der Waals surface area contributed by atoms with Crippen LogP contribution < -0.4 is 10.0 Å². The third-order valence-corrected chi connectivity index (χ3v) is 5.74. The molecule has 1 aromatic rings. The van der Waals surface area contributed by atoms with Gasteiger partial charge in [-0.3, -0.25) is 0 Å². The molecule has 0 aliphatic heterocycles. The monoisotopic (exact) mass is 305 g/mol. The van der Waals surface area contributed by atoms with E-state index >= 15 is 0 Å². The number of nitrogens with zero attached hydrogens (tertiary/aromatic N) is 1. The molecule has 0 saturated heterocycles. The molecule has 0 bridgehead atoms. The summed E-state index contributed by atoms with van der Waals surface area (Å²) >= 11 is 1.47. The highest BCUT2D eigenvalue weighted by atomic mass is 32.2. The zero-order chi connectivity index (χ0) is 14.6. The first kappa shape index (κ1) is 16.6. The fraction of sp³-hybridized carbons (Fsp3) is 0.750. The van der Waals surface area contributed by atoms with Crippen molar-refractivity contribution in [3.63, 3.8) is 0 Å². The Hall–Kier alpha value is -0.500. The standard InChI is InChI=1S/C12H23N3O2S2/c1-8(2)13-6-10(4)19(16,17)15-11(5)12-14-9(3)7-18-12/h7-8,10-11,13,15H,6H2,1-5H3. The maximum absolute atomic E-state index is 12.2. The van der Waals surface area contributed by atoms with Gasteiger partial charge in [-0.2, -0.15) is 0 Å². The molecular weight excluding hydrogens is 282 g/mol. The lowest BCUT2D eigenvalue weighted by Crippen LogP contribution is -2.41. The average molecular weight is 305 g/mol. The smallest absolute Gasteiger partial charge is 0.216 e. The maximum atomic E-state index is 12.2. The third kappa shape index (κ3) is 5.18. The Balaban J connectivity index is 2.63. The molecule has 2 N–H and O–H groups in total. The summed E-state index contributed by atoms with van der Waals surface area (Å²) in [5.41, 5.74) is 0.917. The van der Waals surface area contributed by atoms with Crippen molar-refractivity contribution in [2.24, 2.45) is 0 Å². The zero-order valence-electron chi connectivity index (χ0n) is 12.1. The van der Waals surface area contributed by atoms with E-state index in [1.54, 1.807) is 6.92 Å². The summed E-state index contributed by atoms with van der Waals surface area (Å²) in [6, 6.07) is -0.0121. The fourth-order valence-corrected chi connectivity index (χ4v) is 3.53. The number of hydrogen-bond acceptors (Lipinski definition) is 5. The van der Waals surface area contributed by atoms with Gasteiger partial charge in [0, 0.05) is 23.7 Å². The van der Waals surface area contributed by atoms with Crippen LogP contribution in [0, 0.1) is 6.92 Å². The molecule has 0 aliphatic carbocycles. The predicted octanol–water partition coefficient (Wildman–Crippen LogP) is 1.82. The van der Waals surface area contributed by atoms with Gasteiger partial charge < -0.3 is 5.32 Å². The van der Waals surface area contributed by atoms with E-state index in [1.165, 1.54) is 11.3 Å². The first-order valence-electron chi connectivity index (χ1n) is 6.39. The van der Waals surface area contributed by atoms with E-state index in [2.05, 4.69) is 15.0 Å². The number of aryl methyl sites for hydroxylation is 1. The Morgan fingerprint density at radius 3 is 2.42 bits per heavy atom. The summed E-state index contributed by atoms with van der Waals surface area (Å²) in [7, 11) is -3.34. The van der Waals surface area contributed by atoms with Crippen LogP contribution in [0.25, 0.3) is 0 Å². The molecule has 0 aromatic carbocycles. The van der Waals surface area contributed by atoms with Crippen LogP contribution in [0.2, 0.25) is 0 Å². The van der Waals surface area contributed by atoms with Crippen molar-refractivity contribution in [2.75, 3.05) is 6.54 Å². The lowest BCUT2D eigenvalue weighted by Gasteiger charge is -2.18.